The number of aromatic nitrogens is 4. The average molecular weight is 292 g/mol. The lowest BCUT2D eigenvalue weighted by molar-refractivity contribution is 0.637. The molecule has 0 N–H and O–H groups in total. The highest BCUT2D eigenvalue weighted by molar-refractivity contribution is 7.17. The van der Waals surface area contributed by atoms with Gasteiger partial charge in [0.15, 0.2) is 0 Å². The molecule has 4 nitrogen and oxygen atoms in total. The Hall–Kier alpha value is -1.27. The van der Waals surface area contributed by atoms with Crippen LogP contribution in [0.4, 0.5) is 0 Å². The minimum Gasteiger partial charge on any atom is -0.246 e. The summed E-state index contributed by atoms with van der Waals surface area (Å²) in [5.74, 6) is 0.627. The molecule has 0 atom stereocenters. The molecule has 3 aromatic heterocycles. The van der Waals surface area contributed by atoms with Crippen molar-refractivity contribution in [2.45, 2.75) is 34.1 Å². The molecule has 0 spiro atoms. The molecule has 100 valence electrons. The van der Waals surface area contributed by atoms with Crippen molar-refractivity contribution in [3.63, 3.8) is 0 Å². The molecule has 3 rings (SSSR count). The lowest BCUT2D eigenvalue weighted by Crippen LogP contribution is -1.94. The van der Waals surface area contributed by atoms with Crippen LogP contribution in [0.1, 0.15) is 29.6 Å². The maximum atomic E-state index is 4.67. The van der Waals surface area contributed by atoms with E-state index in [-0.39, 0.29) is 0 Å². The zero-order valence-corrected chi connectivity index (χ0v) is 13.1. The molecule has 3 aromatic rings. The van der Waals surface area contributed by atoms with Gasteiger partial charge in [0.1, 0.15) is 10.7 Å². The summed E-state index contributed by atoms with van der Waals surface area (Å²) < 4.78 is 1.90. The van der Waals surface area contributed by atoms with Gasteiger partial charge in [-0.1, -0.05) is 25.2 Å². The second kappa shape index (κ2) is 4.68. The molecule has 19 heavy (non-hydrogen) atoms. The number of thiazole rings is 1. The molecule has 0 bridgehead atoms. The summed E-state index contributed by atoms with van der Waals surface area (Å²) in [4.78, 5) is 11.2. The summed E-state index contributed by atoms with van der Waals surface area (Å²) in [7, 11) is 0. The Balaban J connectivity index is 1.99. The third kappa shape index (κ3) is 2.42. The largest absolute Gasteiger partial charge is 0.246 e. The Morgan fingerprint density at radius 1 is 1.21 bits per heavy atom. The number of hydrogen-bond donors (Lipinski definition) is 0. The standard InChI is InChI=1S/C13H16N4S2/c1-7(2)5-11-16-17-6-10(15-13(17)19-11)12-8(3)14-9(4)18-12/h6-7H,5H2,1-4H3. The van der Waals surface area contributed by atoms with Gasteiger partial charge in [-0.2, -0.15) is 5.10 Å². The van der Waals surface area contributed by atoms with E-state index in [1.165, 1.54) is 0 Å². The molecule has 0 aromatic carbocycles. The highest BCUT2D eigenvalue weighted by atomic mass is 32.1. The van der Waals surface area contributed by atoms with Gasteiger partial charge in [-0.15, -0.1) is 11.3 Å². The Morgan fingerprint density at radius 3 is 2.58 bits per heavy atom. The molecule has 0 aliphatic carbocycles. The van der Waals surface area contributed by atoms with E-state index in [4.69, 9.17) is 0 Å². The number of fused-ring (bicyclic) bond motifs is 1. The van der Waals surface area contributed by atoms with Gasteiger partial charge in [-0.3, -0.25) is 0 Å². The molecule has 0 unspecified atom stereocenters. The molecule has 0 saturated heterocycles. The molecule has 0 amide bonds. The van der Waals surface area contributed by atoms with Crippen LogP contribution < -0.4 is 0 Å². The van der Waals surface area contributed by atoms with E-state index in [0.29, 0.717) is 5.92 Å². The van der Waals surface area contributed by atoms with Crippen LogP contribution in [0.5, 0.6) is 0 Å². The van der Waals surface area contributed by atoms with Crippen LogP contribution in [0.25, 0.3) is 15.5 Å². The van der Waals surface area contributed by atoms with Gasteiger partial charge in [0.2, 0.25) is 4.96 Å². The minimum absolute atomic E-state index is 0.627. The predicted octanol–water partition coefficient (Wildman–Crippen LogP) is 3.73. The molecular formula is C13H16N4S2. The molecule has 0 radical (unpaired) electrons. The summed E-state index contributed by atoms with van der Waals surface area (Å²) in [6.07, 6.45) is 3.03. The first-order valence-electron chi connectivity index (χ1n) is 6.32. The van der Waals surface area contributed by atoms with Crippen molar-refractivity contribution in [3.8, 4) is 10.6 Å². The zero-order valence-electron chi connectivity index (χ0n) is 11.5. The van der Waals surface area contributed by atoms with Crippen LogP contribution in [0.3, 0.4) is 0 Å². The Bertz CT molecular complexity index is 689. The second-order valence-corrected chi connectivity index (χ2v) is 7.34. The number of imidazole rings is 1. The quantitative estimate of drug-likeness (QED) is 0.738. The van der Waals surface area contributed by atoms with Crippen LogP contribution >= 0.6 is 22.7 Å². The van der Waals surface area contributed by atoms with Gasteiger partial charge in [0, 0.05) is 6.42 Å². The van der Waals surface area contributed by atoms with Gasteiger partial charge in [0.25, 0.3) is 0 Å². The number of hydrogen-bond acceptors (Lipinski definition) is 5. The summed E-state index contributed by atoms with van der Waals surface area (Å²) in [5.41, 5.74) is 2.04. The first-order chi connectivity index (χ1) is 9.02. The van der Waals surface area contributed by atoms with Crippen molar-refractivity contribution in [1.29, 1.82) is 0 Å². The highest BCUT2D eigenvalue weighted by Crippen LogP contribution is 2.30. The van der Waals surface area contributed by atoms with Crippen LogP contribution in [0.2, 0.25) is 0 Å². The summed E-state index contributed by atoms with van der Waals surface area (Å²) >= 11 is 3.37. The Morgan fingerprint density at radius 2 is 2.00 bits per heavy atom. The van der Waals surface area contributed by atoms with Crippen molar-refractivity contribution in [2.75, 3.05) is 0 Å². The summed E-state index contributed by atoms with van der Waals surface area (Å²) in [6.45, 7) is 8.47. The molecule has 0 saturated carbocycles. The maximum Gasteiger partial charge on any atom is 0.212 e. The third-order valence-corrected chi connectivity index (χ3v) is 4.84. The van der Waals surface area contributed by atoms with Gasteiger partial charge in [-0.05, 0) is 19.8 Å². The summed E-state index contributed by atoms with van der Waals surface area (Å²) in [6, 6.07) is 0. The van der Waals surface area contributed by atoms with Crippen LogP contribution in [-0.2, 0) is 6.42 Å². The molecule has 0 fully saturated rings. The normalized spacial score (nSPS) is 11.8. The molecule has 0 aliphatic rings. The molecule has 6 heteroatoms. The maximum absolute atomic E-state index is 4.67. The highest BCUT2D eigenvalue weighted by Gasteiger charge is 2.14. The Labute approximate surface area is 120 Å². The monoisotopic (exact) mass is 292 g/mol. The van der Waals surface area contributed by atoms with Crippen LogP contribution in [0.15, 0.2) is 6.20 Å². The average Bonchev–Trinajstić information content (AvgIpc) is 2.90. The van der Waals surface area contributed by atoms with Gasteiger partial charge in [0.05, 0.1) is 21.8 Å². The molecular weight excluding hydrogens is 276 g/mol. The van der Waals surface area contributed by atoms with Crippen LogP contribution in [-0.4, -0.2) is 19.6 Å². The third-order valence-electron chi connectivity index (χ3n) is 2.80. The van der Waals surface area contributed by atoms with Crippen molar-refractivity contribution >= 4 is 27.6 Å². The van der Waals surface area contributed by atoms with E-state index in [1.54, 1.807) is 22.7 Å². The predicted molar refractivity (Wildman–Crippen MR) is 80.0 cm³/mol. The fraction of sp³-hybridized carbons (Fsp3) is 0.462. The second-order valence-electron chi connectivity index (χ2n) is 5.09. The van der Waals surface area contributed by atoms with E-state index in [2.05, 4.69) is 28.9 Å². The van der Waals surface area contributed by atoms with E-state index in [0.717, 1.165) is 37.7 Å². The minimum atomic E-state index is 0.627. The lowest BCUT2D eigenvalue weighted by atomic mass is 10.1. The van der Waals surface area contributed by atoms with Crippen molar-refractivity contribution in [1.82, 2.24) is 19.6 Å². The number of nitrogens with zero attached hydrogens (tertiary/aromatic N) is 4. The van der Waals surface area contributed by atoms with E-state index < -0.39 is 0 Å². The Kier molecular flexibility index (Phi) is 3.14. The van der Waals surface area contributed by atoms with E-state index in [9.17, 15) is 0 Å². The SMILES string of the molecule is Cc1nc(C)c(-c2cn3nc(CC(C)C)sc3n2)s1. The van der Waals surface area contributed by atoms with Gasteiger partial charge in [-0.25, -0.2) is 14.5 Å². The lowest BCUT2D eigenvalue weighted by Gasteiger charge is -1.97. The van der Waals surface area contributed by atoms with Gasteiger partial charge >= 0.3 is 0 Å². The van der Waals surface area contributed by atoms with Crippen LogP contribution in [0, 0.1) is 19.8 Å². The fourth-order valence-corrected chi connectivity index (χ4v) is 4.01. The zero-order chi connectivity index (χ0) is 13.6. The van der Waals surface area contributed by atoms with E-state index >= 15 is 0 Å². The topological polar surface area (TPSA) is 43.1 Å². The number of aryl methyl sites for hydroxylation is 2. The van der Waals surface area contributed by atoms with E-state index in [1.807, 2.05) is 24.6 Å². The first kappa shape index (κ1) is 12.7. The van der Waals surface area contributed by atoms with Gasteiger partial charge < -0.3 is 0 Å². The molecule has 0 aliphatic heterocycles. The smallest absolute Gasteiger partial charge is 0.212 e. The first-order valence-corrected chi connectivity index (χ1v) is 7.95. The molecule has 3 heterocycles. The van der Waals surface area contributed by atoms with Crippen molar-refractivity contribution < 1.29 is 0 Å². The summed E-state index contributed by atoms with van der Waals surface area (Å²) in [5, 5.41) is 6.83. The van der Waals surface area contributed by atoms with Crippen molar-refractivity contribution in [2.24, 2.45) is 5.92 Å². The van der Waals surface area contributed by atoms with Crippen molar-refractivity contribution in [3.05, 3.63) is 21.9 Å². The fourth-order valence-electron chi connectivity index (χ4n) is 2.05. The number of rotatable bonds is 3.